The van der Waals surface area contributed by atoms with Crippen LogP contribution in [0.15, 0.2) is 53.1 Å². The zero-order valence-corrected chi connectivity index (χ0v) is 19.3. The summed E-state index contributed by atoms with van der Waals surface area (Å²) in [4.78, 5) is 44.6. The number of fused-ring (bicyclic) bond motifs is 3. The minimum Gasteiger partial charge on any atom is -0.511 e. The molecule has 1 aromatic carbocycles. The summed E-state index contributed by atoms with van der Waals surface area (Å²) in [6, 6.07) is 6.94. The number of amides is 1. The lowest BCUT2D eigenvalue weighted by atomic mass is 9.62. The second kappa shape index (κ2) is 7.97. The Bertz CT molecular complexity index is 1360. The fourth-order valence-electron chi connectivity index (χ4n) is 5.72. The van der Waals surface area contributed by atoms with Gasteiger partial charge >= 0.3 is 0 Å². The van der Waals surface area contributed by atoms with Gasteiger partial charge in [-0.3, -0.25) is 14.4 Å². The van der Waals surface area contributed by atoms with Gasteiger partial charge < -0.3 is 26.0 Å². The van der Waals surface area contributed by atoms with E-state index in [1.807, 2.05) is 31.1 Å². The van der Waals surface area contributed by atoms with Crippen molar-refractivity contribution in [3.05, 3.63) is 64.3 Å². The number of aromatic nitrogens is 1. The molecule has 2 aromatic rings. The first kappa shape index (κ1) is 22.6. The average molecular weight is 476 g/mol. The van der Waals surface area contributed by atoms with Crippen molar-refractivity contribution in [1.82, 2.24) is 4.98 Å². The lowest BCUT2D eigenvalue weighted by Gasteiger charge is -2.41. The second-order valence-corrected chi connectivity index (χ2v) is 9.54. The minimum atomic E-state index is -1.13. The molecule has 5 N–H and O–H groups in total. The van der Waals surface area contributed by atoms with Gasteiger partial charge in [-0.15, -0.1) is 0 Å². The molecule has 0 bridgehead atoms. The first-order chi connectivity index (χ1) is 16.6. The number of Topliss-reactive ketones (excluding diaryl/α,β-unsaturated/α-hetero) is 2. The average Bonchev–Trinajstić information content (AvgIpc) is 2.78. The molecule has 1 amide bonds. The Morgan fingerprint density at radius 3 is 2.46 bits per heavy atom. The molecule has 180 valence electrons. The molecule has 3 unspecified atom stereocenters. The van der Waals surface area contributed by atoms with E-state index in [4.69, 9.17) is 5.73 Å². The van der Waals surface area contributed by atoms with Crippen LogP contribution in [0.25, 0.3) is 11.1 Å². The maximum absolute atomic E-state index is 13.6. The number of aliphatic hydroxyl groups excluding tert-OH is 2. The first-order valence-corrected chi connectivity index (χ1v) is 11.3. The number of hydrogen-bond donors (Lipinski definition) is 4. The molecule has 3 aliphatic rings. The molecule has 1 heterocycles. The first-order valence-electron chi connectivity index (χ1n) is 11.3. The van der Waals surface area contributed by atoms with Crippen molar-refractivity contribution in [3.63, 3.8) is 0 Å². The number of aliphatic hydroxyl groups is 2. The molecule has 5 rings (SSSR count). The van der Waals surface area contributed by atoms with E-state index in [0.717, 1.165) is 16.9 Å². The molecule has 35 heavy (non-hydrogen) atoms. The smallest absolute Gasteiger partial charge is 0.255 e. The van der Waals surface area contributed by atoms with Crippen LogP contribution >= 0.6 is 0 Å². The summed E-state index contributed by atoms with van der Waals surface area (Å²) in [7, 11) is 3.77. The van der Waals surface area contributed by atoms with E-state index >= 15 is 0 Å². The molecular formula is C26H25N3O6. The predicted molar refractivity (Wildman–Crippen MR) is 127 cm³/mol. The molecule has 0 aliphatic heterocycles. The molecular weight excluding hydrogens is 450 g/mol. The normalized spacial score (nSPS) is 23.5. The van der Waals surface area contributed by atoms with Crippen molar-refractivity contribution in [2.45, 2.75) is 19.3 Å². The monoisotopic (exact) mass is 475 g/mol. The summed E-state index contributed by atoms with van der Waals surface area (Å²) in [6.45, 7) is 0. The van der Waals surface area contributed by atoms with E-state index in [-0.39, 0.29) is 29.1 Å². The highest BCUT2D eigenvalue weighted by molar-refractivity contribution is 6.22. The van der Waals surface area contributed by atoms with Crippen LogP contribution in [0.1, 0.15) is 28.8 Å². The number of phenols is 1. The molecule has 3 atom stereocenters. The number of anilines is 1. The van der Waals surface area contributed by atoms with Crippen LogP contribution < -0.4 is 10.6 Å². The van der Waals surface area contributed by atoms with Crippen molar-refractivity contribution >= 4 is 23.3 Å². The van der Waals surface area contributed by atoms with Gasteiger partial charge in [-0.25, -0.2) is 4.98 Å². The number of primary amides is 1. The molecule has 0 fully saturated rings. The van der Waals surface area contributed by atoms with Crippen molar-refractivity contribution < 1.29 is 29.7 Å². The van der Waals surface area contributed by atoms with Crippen LogP contribution in [-0.2, 0) is 16.0 Å². The Kier molecular flexibility index (Phi) is 5.16. The number of rotatable bonds is 3. The van der Waals surface area contributed by atoms with Gasteiger partial charge in [-0.1, -0.05) is 6.07 Å². The van der Waals surface area contributed by atoms with E-state index in [1.54, 1.807) is 12.3 Å². The van der Waals surface area contributed by atoms with Crippen LogP contribution in [-0.4, -0.2) is 51.9 Å². The third kappa shape index (κ3) is 3.38. The third-order valence-corrected chi connectivity index (χ3v) is 7.29. The van der Waals surface area contributed by atoms with Gasteiger partial charge in [0, 0.05) is 37.8 Å². The number of phenolic OH excluding ortho intramolecular Hbond substituents is 1. The SMILES string of the molecule is CN(C)c1ccc(-c2ccc(O)c3c2CC2CC4CC(O)=C(C(N)=O)C(=O)C4C(O)=C2C3=O)cn1. The number of aromatic hydroxyl groups is 1. The summed E-state index contributed by atoms with van der Waals surface area (Å²) >= 11 is 0. The number of allylic oxidation sites excluding steroid dienone is 3. The number of nitrogens with two attached hydrogens (primary N) is 1. The van der Waals surface area contributed by atoms with Crippen molar-refractivity contribution in [1.29, 1.82) is 0 Å². The zero-order valence-electron chi connectivity index (χ0n) is 19.3. The summed E-state index contributed by atoms with van der Waals surface area (Å²) in [6.07, 6.45) is 2.42. The van der Waals surface area contributed by atoms with Gasteiger partial charge in [0.1, 0.15) is 28.7 Å². The molecule has 0 saturated carbocycles. The van der Waals surface area contributed by atoms with Gasteiger partial charge in [0.25, 0.3) is 5.91 Å². The highest BCUT2D eigenvalue weighted by atomic mass is 16.3. The Morgan fingerprint density at radius 2 is 1.83 bits per heavy atom. The van der Waals surface area contributed by atoms with E-state index in [2.05, 4.69) is 4.98 Å². The number of benzene rings is 1. The number of carbonyl (C=O) groups is 3. The number of hydrogen-bond acceptors (Lipinski definition) is 8. The van der Waals surface area contributed by atoms with Gasteiger partial charge in [0.2, 0.25) is 0 Å². The second-order valence-electron chi connectivity index (χ2n) is 9.54. The number of nitrogens with zero attached hydrogens (tertiary/aromatic N) is 2. The summed E-state index contributed by atoms with van der Waals surface area (Å²) < 4.78 is 0. The minimum absolute atomic E-state index is 0.00633. The van der Waals surface area contributed by atoms with E-state index in [9.17, 15) is 29.7 Å². The number of pyridine rings is 1. The Hall–Kier alpha value is -4.14. The topological polar surface area (TPSA) is 154 Å². The Morgan fingerprint density at radius 1 is 1.09 bits per heavy atom. The zero-order chi connectivity index (χ0) is 25.2. The highest BCUT2D eigenvalue weighted by Gasteiger charge is 2.50. The fraction of sp³-hybridized carbons (Fsp3) is 0.308. The molecule has 9 nitrogen and oxygen atoms in total. The fourth-order valence-corrected chi connectivity index (χ4v) is 5.72. The predicted octanol–water partition coefficient (Wildman–Crippen LogP) is 2.59. The van der Waals surface area contributed by atoms with E-state index < -0.39 is 46.6 Å². The summed E-state index contributed by atoms with van der Waals surface area (Å²) in [5.74, 6) is -4.63. The molecule has 0 spiro atoms. The van der Waals surface area contributed by atoms with Crippen LogP contribution in [0.3, 0.4) is 0 Å². The number of ketones is 2. The molecule has 0 saturated heterocycles. The molecule has 0 radical (unpaired) electrons. The van der Waals surface area contributed by atoms with Gasteiger partial charge in [-0.05, 0) is 54.0 Å². The Balaban J connectivity index is 1.61. The van der Waals surface area contributed by atoms with Crippen LogP contribution in [0.5, 0.6) is 5.75 Å². The number of carbonyl (C=O) groups excluding carboxylic acids is 3. The van der Waals surface area contributed by atoms with Crippen LogP contribution in [0.4, 0.5) is 5.82 Å². The summed E-state index contributed by atoms with van der Waals surface area (Å²) in [5.41, 5.74) is 7.09. The van der Waals surface area contributed by atoms with Crippen LogP contribution in [0, 0.1) is 17.8 Å². The standard InChI is InChI=1S/C26H25N3O6/c1-29(2)18-6-3-11(10-28-18)14-4-5-16(30)21-15(14)8-12-7-13-9-17(31)22(26(27)35)25(34)20(13)23(32)19(12)24(21)33/h3-6,10,12-13,20,30-32H,7-9H2,1-2H3,(H2,27,35). The molecule has 1 aromatic heterocycles. The van der Waals surface area contributed by atoms with E-state index in [1.165, 1.54) is 6.07 Å². The third-order valence-electron chi connectivity index (χ3n) is 7.29. The van der Waals surface area contributed by atoms with E-state index in [0.29, 0.717) is 18.4 Å². The van der Waals surface area contributed by atoms with Gasteiger partial charge in [-0.2, -0.15) is 0 Å². The Labute approximate surface area is 201 Å². The van der Waals surface area contributed by atoms with Gasteiger partial charge in [0.15, 0.2) is 11.6 Å². The highest BCUT2D eigenvalue weighted by Crippen LogP contribution is 2.50. The van der Waals surface area contributed by atoms with Crippen molar-refractivity contribution in [2.24, 2.45) is 23.5 Å². The largest absolute Gasteiger partial charge is 0.511 e. The van der Waals surface area contributed by atoms with Crippen LogP contribution in [0.2, 0.25) is 0 Å². The lowest BCUT2D eigenvalue weighted by molar-refractivity contribution is -0.126. The van der Waals surface area contributed by atoms with Gasteiger partial charge in [0.05, 0.1) is 11.5 Å². The molecule has 3 aliphatic carbocycles. The maximum Gasteiger partial charge on any atom is 0.255 e. The van der Waals surface area contributed by atoms with Crippen molar-refractivity contribution in [2.75, 3.05) is 19.0 Å². The summed E-state index contributed by atoms with van der Waals surface area (Å²) in [5, 5.41) is 32.0. The quantitative estimate of drug-likeness (QED) is 0.494. The molecule has 9 heteroatoms. The van der Waals surface area contributed by atoms with Crippen molar-refractivity contribution in [3.8, 4) is 16.9 Å². The lowest BCUT2D eigenvalue weighted by Crippen LogP contribution is -2.43. The maximum atomic E-state index is 13.6.